The molecular formula is C55H78N8O14. The number of nitrogens with two attached hydrogens (primary N) is 1. The summed E-state index contributed by atoms with van der Waals surface area (Å²) in [7, 11) is 0. The van der Waals surface area contributed by atoms with Crippen molar-refractivity contribution in [2.24, 2.45) is 29.4 Å². The third-order valence-electron chi connectivity index (χ3n) is 12.3. The third-order valence-corrected chi connectivity index (χ3v) is 12.3. The van der Waals surface area contributed by atoms with Crippen molar-refractivity contribution in [3.63, 3.8) is 0 Å². The minimum Gasteiger partial charge on any atom is -0.508 e. The Morgan fingerprint density at radius 2 is 0.714 bits per heavy atom. The van der Waals surface area contributed by atoms with E-state index in [2.05, 4.69) is 37.2 Å². The molecule has 3 aromatic rings. The van der Waals surface area contributed by atoms with Gasteiger partial charge in [-0.2, -0.15) is 0 Å². The van der Waals surface area contributed by atoms with E-state index >= 15 is 0 Å². The highest BCUT2D eigenvalue weighted by Gasteiger charge is 2.36. The van der Waals surface area contributed by atoms with Crippen LogP contribution in [0.25, 0.3) is 0 Å². The van der Waals surface area contributed by atoms with E-state index in [1.165, 1.54) is 72.8 Å². The highest BCUT2D eigenvalue weighted by molar-refractivity contribution is 5.98. The van der Waals surface area contributed by atoms with Gasteiger partial charge in [0.1, 0.15) is 59.5 Å². The number of rotatable bonds is 31. The lowest BCUT2D eigenvalue weighted by Gasteiger charge is -2.30. The fourth-order valence-corrected chi connectivity index (χ4v) is 8.20. The van der Waals surface area contributed by atoms with Crippen molar-refractivity contribution in [3.05, 3.63) is 89.5 Å². The lowest BCUT2D eigenvalue weighted by molar-refractivity contribution is -0.143. The van der Waals surface area contributed by atoms with E-state index in [9.17, 15) is 68.7 Å². The lowest BCUT2D eigenvalue weighted by atomic mass is 9.97. The molecule has 0 unspecified atom stereocenters. The molecule has 0 bridgehead atoms. The summed E-state index contributed by atoms with van der Waals surface area (Å²) in [6.07, 6.45) is -1.27. The van der Waals surface area contributed by atoms with Crippen molar-refractivity contribution in [3.8, 4) is 17.2 Å². The van der Waals surface area contributed by atoms with E-state index in [1.807, 2.05) is 27.7 Å². The average molecular weight is 1080 g/mol. The van der Waals surface area contributed by atoms with Gasteiger partial charge in [0.15, 0.2) is 0 Å². The first kappa shape index (κ1) is 63.5. The summed E-state index contributed by atoms with van der Waals surface area (Å²) in [5, 5.41) is 67.7. The van der Waals surface area contributed by atoms with Crippen molar-refractivity contribution in [1.29, 1.82) is 0 Å². The van der Waals surface area contributed by atoms with Crippen molar-refractivity contribution in [1.82, 2.24) is 37.2 Å². The van der Waals surface area contributed by atoms with E-state index in [-0.39, 0.29) is 67.1 Å². The molecule has 0 spiro atoms. The number of aliphatic carboxylic acids is 2. The standard InChI is InChI=1S/C55H78N8O14/c1-29(2)23-39(56)48(69)58-42(25-31(5)6)53(74)63-47(32(7)8)54(75)61-41(24-30(3)4)50(71)59-44(27-34-11-17-37(65)18-12-34)52(73)60-43(26-33-9-15-36(64)16-10-33)51(72)57-40(21-22-46(67)68)49(70)62-45(55(76)77)28-35-13-19-38(66)20-14-35/h9-20,29-32,39-45,47,64-66H,21-28,56H2,1-8H3,(H,57,72)(H,58,69)(H,59,71)(H,60,73)(H,61,75)(H,62,70)(H,63,74)(H,67,68)(H,76,77)/t39-,40-,41-,42-,43-,44-,45-,47-/m0/s1. The number of aromatic hydroxyl groups is 3. The Balaban J connectivity index is 1.99. The summed E-state index contributed by atoms with van der Waals surface area (Å²) in [5.74, 6) is -9.49. The van der Waals surface area contributed by atoms with Crippen LogP contribution in [0.1, 0.15) is 104 Å². The minimum atomic E-state index is -1.65. The van der Waals surface area contributed by atoms with Gasteiger partial charge in [0.2, 0.25) is 41.4 Å². The van der Waals surface area contributed by atoms with E-state index < -0.39 is 120 Å². The zero-order valence-electron chi connectivity index (χ0n) is 45.0. The van der Waals surface area contributed by atoms with Gasteiger partial charge in [-0.15, -0.1) is 0 Å². The summed E-state index contributed by atoms with van der Waals surface area (Å²) in [5.41, 5.74) is 7.38. The van der Waals surface area contributed by atoms with Crippen LogP contribution in [0.4, 0.5) is 0 Å². The molecule has 0 saturated heterocycles. The largest absolute Gasteiger partial charge is 0.508 e. The van der Waals surface area contributed by atoms with E-state index in [0.717, 1.165) is 0 Å². The van der Waals surface area contributed by atoms with E-state index in [0.29, 0.717) is 23.1 Å². The van der Waals surface area contributed by atoms with E-state index in [4.69, 9.17) is 5.73 Å². The zero-order valence-corrected chi connectivity index (χ0v) is 45.0. The van der Waals surface area contributed by atoms with Crippen LogP contribution in [0.15, 0.2) is 72.8 Å². The van der Waals surface area contributed by atoms with Gasteiger partial charge in [0.05, 0.1) is 6.04 Å². The van der Waals surface area contributed by atoms with Crippen molar-refractivity contribution in [2.45, 2.75) is 155 Å². The summed E-state index contributed by atoms with van der Waals surface area (Å²) >= 11 is 0. The Bertz CT molecular complexity index is 2470. The van der Waals surface area contributed by atoms with Gasteiger partial charge in [-0.3, -0.25) is 38.4 Å². The molecule has 0 heterocycles. The van der Waals surface area contributed by atoms with Crippen molar-refractivity contribution in [2.75, 3.05) is 0 Å². The molecule has 0 aliphatic carbocycles. The quantitative estimate of drug-likeness (QED) is 0.0440. The summed E-state index contributed by atoms with van der Waals surface area (Å²) < 4.78 is 0. The van der Waals surface area contributed by atoms with Crippen LogP contribution in [-0.2, 0) is 62.4 Å². The predicted octanol–water partition coefficient (Wildman–Crippen LogP) is 2.30. The SMILES string of the molecule is CC(C)C[C@H](NC(=O)[C@@H](NC(=O)[C@H](CC(C)C)NC(=O)[C@@H](N)CC(C)C)C(C)C)C(=O)N[C@@H](Cc1ccc(O)cc1)C(=O)N[C@@H](Cc1ccc(O)cc1)C(=O)N[C@@H](CCC(=O)O)C(=O)N[C@@H](Cc1ccc(O)cc1)C(=O)O. The molecule has 0 saturated carbocycles. The number of amides is 7. The van der Waals surface area contributed by atoms with Gasteiger partial charge >= 0.3 is 11.9 Å². The summed E-state index contributed by atoms with van der Waals surface area (Å²) in [6.45, 7) is 14.5. The molecule has 14 N–H and O–H groups in total. The Morgan fingerprint density at radius 3 is 1.08 bits per heavy atom. The number of hydrogen-bond donors (Lipinski definition) is 13. The normalized spacial score (nSPS) is 14.5. The minimum absolute atomic E-state index is 0.0446. The number of carboxylic acid groups (broad SMARTS) is 2. The summed E-state index contributed by atoms with van der Waals surface area (Å²) in [4.78, 5) is 123. The van der Waals surface area contributed by atoms with Crippen LogP contribution >= 0.6 is 0 Å². The molecule has 0 aromatic heterocycles. The lowest BCUT2D eigenvalue weighted by Crippen LogP contribution is -2.61. The molecule has 422 valence electrons. The molecule has 3 aromatic carbocycles. The molecule has 22 heteroatoms. The van der Waals surface area contributed by atoms with E-state index in [1.54, 1.807) is 27.7 Å². The monoisotopic (exact) mass is 1070 g/mol. The van der Waals surface area contributed by atoms with Crippen LogP contribution in [0.5, 0.6) is 17.2 Å². The van der Waals surface area contributed by atoms with Gasteiger partial charge in [0.25, 0.3) is 0 Å². The molecule has 0 radical (unpaired) electrons. The number of carbonyl (C=O) groups excluding carboxylic acids is 7. The topological polar surface area (TPSA) is 365 Å². The Hall–Kier alpha value is -7.75. The molecule has 8 atom stereocenters. The molecule has 7 amide bonds. The molecule has 77 heavy (non-hydrogen) atoms. The molecule has 22 nitrogen and oxygen atoms in total. The first-order valence-electron chi connectivity index (χ1n) is 25.8. The third kappa shape index (κ3) is 22.6. The fourth-order valence-electron chi connectivity index (χ4n) is 8.20. The van der Waals surface area contributed by atoms with Crippen molar-refractivity contribution < 1.29 is 68.7 Å². The van der Waals surface area contributed by atoms with Crippen LogP contribution in [0, 0.1) is 23.7 Å². The molecule has 0 fully saturated rings. The number of phenolic OH excluding ortho intramolecular Hbond substituents is 3. The zero-order chi connectivity index (χ0) is 57.7. The number of nitrogens with one attached hydrogen (secondary N) is 7. The van der Waals surface area contributed by atoms with Gasteiger partial charge in [-0.05, 0) is 102 Å². The Morgan fingerprint density at radius 1 is 0.403 bits per heavy atom. The van der Waals surface area contributed by atoms with Crippen LogP contribution in [0.2, 0.25) is 0 Å². The Labute approximate surface area is 449 Å². The first-order chi connectivity index (χ1) is 36.1. The average Bonchev–Trinajstić information content (AvgIpc) is 3.34. The van der Waals surface area contributed by atoms with Crippen LogP contribution in [0.3, 0.4) is 0 Å². The predicted molar refractivity (Wildman–Crippen MR) is 285 cm³/mol. The van der Waals surface area contributed by atoms with Crippen LogP contribution < -0.4 is 43.0 Å². The molecule has 0 aliphatic rings. The van der Waals surface area contributed by atoms with Crippen molar-refractivity contribution >= 4 is 53.3 Å². The fraction of sp³-hybridized carbons (Fsp3) is 0.509. The molecule has 3 rings (SSSR count). The van der Waals surface area contributed by atoms with Crippen LogP contribution in [-0.4, -0.2) is 127 Å². The van der Waals surface area contributed by atoms with Gasteiger partial charge in [0, 0.05) is 25.7 Å². The highest BCUT2D eigenvalue weighted by Crippen LogP contribution is 2.17. The maximum absolute atomic E-state index is 14.7. The number of carbonyl (C=O) groups is 9. The Kier molecular flexibility index (Phi) is 25.3. The smallest absolute Gasteiger partial charge is 0.326 e. The maximum atomic E-state index is 14.7. The number of benzene rings is 3. The number of hydrogen-bond acceptors (Lipinski definition) is 13. The second-order valence-electron chi connectivity index (χ2n) is 21.0. The van der Waals surface area contributed by atoms with Gasteiger partial charge in [-0.1, -0.05) is 91.8 Å². The first-order valence-corrected chi connectivity index (χ1v) is 25.8. The second kappa shape index (κ2) is 30.7. The molecule has 0 aliphatic heterocycles. The number of phenols is 3. The summed E-state index contributed by atoms with van der Waals surface area (Å²) in [6, 6.07) is 6.12. The van der Waals surface area contributed by atoms with Gasteiger partial charge in [-0.25, -0.2) is 4.79 Å². The van der Waals surface area contributed by atoms with Gasteiger partial charge < -0.3 is 68.5 Å². The maximum Gasteiger partial charge on any atom is 0.326 e. The number of carboxylic acids is 2. The molecular weight excluding hydrogens is 997 g/mol. The second-order valence-corrected chi connectivity index (χ2v) is 21.0. The highest BCUT2D eigenvalue weighted by atomic mass is 16.4.